The summed E-state index contributed by atoms with van der Waals surface area (Å²) in [5.74, 6) is -2.14. The summed E-state index contributed by atoms with van der Waals surface area (Å²) in [4.78, 5) is 43.3. The fourth-order valence-corrected chi connectivity index (χ4v) is 6.36. The van der Waals surface area contributed by atoms with Gasteiger partial charge in [-0.15, -0.1) is 0 Å². The fraction of sp³-hybridized carbons (Fsp3) is 0.629. The van der Waals surface area contributed by atoms with Crippen LogP contribution in [0.2, 0.25) is 5.02 Å². The molecular weight excluding hydrogens is 642 g/mol. The molecule has 2 amide bonds. The van der Waals surface area contributed by atoms with Gasteiger partial charge >= 0.3 is 12.1 Å². The van der Waals surface area contributed by atoms with Crippen LogP contribution in [0.25, 0.3) is 0 Å². The van der Waals surface area contributed by atoms with Gasteiger partial charge in [-0.3, -0.25) is 19.8 Å². The Bertz CT molecular complexity index is 1380. The maximum absolute atomic E-state index is 13.9. The summed E-state index contributed by atoms with van der Waals surface area (Å²) >= 11 is 6.71. The van der Waals surface area contributed by atoms with E-state index in [-0.39, 0.29) is 23.9 Å². The predicted octanol–water partition coefficient (Wildman–Crippen LogP) is 4.24. The number of aliphatic hydroxyl groups excluding tert-OH is 1. The Morgan fingerprint density at radius 3 is 2.46 bits per heavy atom. The number of alkyl carbamates (subject to hydrolysis) is 1. The lowest BCUT2D eigenvalue weighted by atomic mass is 9.81. The summed E-state index contributed by atoms with van der Waals surface area (Å²) in [6.07, 6.45) is 0.228. The van der Waals surface area contributed by atoms with Gasteiger partial charge in [0.2, 0.25) is 5.91 Å². The number of ether oxygens (including phenoxy) is 4. The third-order valence-corrected chi connectivity index (χ3v) is 10.0. The van der Waals surface area contributed by atoms with Crippen molar-refractivity contribution in [3.8, 4) is 5.75 Å². The molecule has 268 valence electrons. The first-order chi connectivity index (χ1) is 22.4. The number of rotatable bonds is 6. The quantitative estimate of drug-likeness (QED) is 0.370. The van der Waals surface area contributed by atoms with Gasteiger partial charge in [-0.1, -0.05) is 49.2 Å². The highest BCUT2D eigenvalue weighted by Gasteiger charge is 2.48. The van der Waals surface area contributed by atoms with Gasteiger partial charge in [0.1, 0.15) is 35.1 Å². The number of nitrogens with one attached hydrogen (secondary N) is 1. The summed E-state index contributed by atoms with van der Waals surface area (Å²) in [5.41, 5.74) is 0.304. The Hall–Kier alpha value is -3.16. The average Bonchev–Trinajstić information content (AvgIpc) is 3.03. The first-order valence-electron chi connectivity index (χ1n) is 16.2. The molecule has 3 N–H and O–H groups in total. The Morgan fingerprint density at radius 2 is 1.85 bits per heavy atom. The number of fused-ring (bicyclic) bond motifs is 4. The molecule has 3 rings (SSSR count). The topological polar surface area (TPSA) is 147 Å². The predicted molar refractivity (Wildman–Crippen MR) is 183 cm³/mol. The molecule has 2 aliphatic heterocycles. The second-order valence-corrected chi connectivity index (χ2v) is 13.7. The van der Waals surface area contributed by atoms with Crippen molar-refractivity contribution in [3.05, 3.63) is 46.5 Å². The number of nitrogens with zero attached hydrogens (tertiary/aromatic N) is 2. The average molecular weight is 694 g/mol. The van der Waals surface area contributed by atoms with Crippen LogP contribution >= 0.6 is 11.6 Å². The zero-order valence-corrected chi connectivity index (χ0v) is 30.4. The molecule has 0 spiro atoms. The lowest BCUT2D eigenvalue weighted by Gasteiger charge is -2.43. The molecular formula is C35H52ClN3O9. The van der Waals surface area contributed by atoms with Crippen LogP contribution in [0, 0.1) is 11.8 Å². The van der Waals surface area contributed by atoms with Gasteiger partial charge in [-0.2, -0.15) is 0 Å². The molecule has 0 aromatic heterocycles. The molecule has 0 saturated carbocycles. The van der Waals surface area contributed by atoms with E-state index in [2.05, 4.69) is 5.32 Å². The number of anilines is 1. The van der Waals surface area contributed by atoms with Crippen LogP contribution < -0.4 is 15.0 Å². The third-order valence-electron chi connectivity index (χ3n) is 9.66. The number of allylic oxidation sites excluding steroid dienone is 3. The highest BCUT2D eigenvalue weighted by molar-refractivity contribution is 6.35. The summed E-state index contributed by atoms with van der Waals surface area (Å²) < 4.78 is 22.7. The minimum absolute atomic E-state index is 0.0415. The number of likely N-dealkylation sites (N-methyl/N-ethyl adjacent to an activating group) is 1. The number of benzene rings is 1. The zero-order chi connectivity index (χ0) is 36.1. The molecule has 8 atom stereocenters. The van der Waals surface area contributed by atoms with E-state index in [4.69, 9.17) is 30.5 Å². The minimum atomic E-state index is -1.85. The summed E-state index contributed by atoms with van der Waals surface area (Å²) in [6, 6.07) is 3.00. The van der Waals surface area contributed by atoms with Crippen LogP contribution in [-0.4, -0.2) is 104 Å². The SMILES string of the molecule is COc1cc2cc(c1Cl)N(C)C(=O)C[C@H](OC(=O)[C@H](C)N(C)C(C)C)[C@@H](C)[C@@H](O)[C@H](C)[C@@H]1C[C@@](O)(NC(=O)O1)[C@H](OC)/C=C/C=C(\C)C2. The number of amides is 2. The molecule has 1 aromatic carbocycles. The maximum Gasteiger partial charge on any atom is 0.409 e. The largest absolute Gasteiger partial charge is 0.495 e. The molecule has 2 aliphatic rings. The van der Waals surface area contributed by atoms with Gasteiger partial charge in [0, 0.05) is 38.5 Å². The first-order valence-corrected chi connectivity index (χ1v) is 16.6. The fourth-order valence-electron chi connectivity index (χ4n) is 6.05. The van der Waals surface area contributed by atoms with Gasteiger partial charge in [-0.25, -0.2) is 4.79 Å². The van der Waals surface area contributed by atoms with E-state index in [1.807, 2.05) is 31.7 Å². The molecule has 1 saturated heterocycles. The molecule has 12 nitrogen and oxygen atoms in total. The van der Waals surface area contributed by atoms with Gasteiger partial charge in [-0.05, 0) is 58.9 Å². The van der Waals surface area contributed by atoms with Crippen molar-refractivity contribution in [1.29, 1.82) is 0 Å². The molecule has 2 heterocycles. The number of carbonyl (C=O) groups is 3. The van der Waals surface area contributed by atoms with E-state index in [1.165, 1.54) is 19.1 Å². The monoisotopic (exact) mass is 693 g/mol. The molecule has 48 heavy (non-hydrogen) atoms. The van der Waals surface area contributed by atoms with E-state index in [9.17, 15) is 24.6 Å². The number of esters is 1. The van der Waals surface area contributed by atoms with E-state index < -0.39 is 66.0 Å². The van der Waals surface area contributed by atoms with Gasteiger partial charge in [0.25, 0.3) is 0 Å². The normalized spacial score (nSPS) is 31.4. The molecule has 4 bridgehead atoms. The van der Waals surface area contributed by atoms with Gasteiger partial charge in [0.05, 0.1) is 25.3 Å². The summed E-state index contributed by atoms with van der Waals surface area (Å²) in [6.45, 7) is 10.9. The summed E-state index contributed by atoms with van der Waals surface area (Å²) in [7, 11) is 6.30. The molecule has 1 aromatic rings. The van der Waals surface area contributed by atoms with Crippen LogP contribution in [0.3, 0.4) is 0 Å². The third kappa shape index (κ3) is 9.09. The van der Waals surface area contributed by atoms with Crippen LogP contribution in [0.15, 0.2) is 35.9 Å². The number of hydrogen-bond donors (Lipinski definition) is 3. The molecule has 1 fully saturated rings. The van der Waals surface area contributed by atoms with E-state index >= 15 is 0 Å². The molecule has 0 unspecified atom stereocenters. The Labute approximate surface area is 289 Å². The Kier molecular flexibility index (Phi) is 13.5. The van der Waals surface area contributed by atoms with Gasteiger partial charge < -0.3 is 34.1 Å². The molecule has 0 aliphatic carbocycles. The van der Waals surface area contributed by atoms with E-state index in [0.717, 1.165) is 11.1 Å². The smallest absolute Gasteiger partial charge is 0.409 e. The number of aliphatic hydroxyl groups is 2. The van der Waals surface area contributed by atoms with Crippen molar-refractivity contribution in [2.24, 2.45) is 11.8 Å². The van der Waals surface area contributed by atoms with E-state index in [0.29, 0.717) is 17.9 Å². The minimum Gasteiger partial charge on any atom is -0.495 e. The van der Waals surface area contributed by atoms with Crippen molar-refractivity contribution in [2.75, 3.05) is 33.2 Å². The van der Waals surface area contributed by atoms with E-state index in [1.54, 1.807) is 59.2 Å². The highest BCUT2D eigenvalue weighted by atomic mass is 35.5. The Balaban J connectivity index is 2.14. The number of halogens is 1. The second kappa shape index (κ2) is 16.5. The van der Waals surface area contributed by atoms with Crippen LogP contribution in [0.5, 0.6) is 5.75 Å². The van der Waals surface area contributed by atoms with Gasteiger partial charge in [0.15, 0.2) is 5.72 Å². The van der Waals surface area contributed by atoms with Crippen molar-refractivity contribution < 1.29 is 43.5 Å². The molecule has 13 heteroatoms. The highest BCUT2D eigenvalue weighted by Crippen LogP contribution is 2.38. The van der Waals surface area contributed by atoms with Crippen molar-refractivity contribution in [1.82, 2.24) is 10.2 Å². The van der Waals surface area contributed by atoms with Crippen molar-refractivity contribution in [2.45, 2.75) is 103 Å². The second-order valence-electron chi connectivity index (χ2n) is 13.3. The van der Waals surface area contributed by atoms with Crippen molar-refractivity contribution in [3.63, 3.8) is 0 Å². The first kappa shape index (κ1) is 39.3. The maximum atomic E-state index is 13.9. The number of carbonyl (C=O) groups excluding carboxylic acids is 3. The Morgan fingerprint density at radius 1 is 1.19 bits per heavy atom. The number of hydrogen-bond acceptors (Lipinski definition) is 10. The van der Waals surface area contributed by atoms with Crippen LogP contribution in [-0.2, 0) is 30.2 Å². The lowest BCUT2D eigenvalue weighted by molar-refractivity contribution is -0.166. The number of methoxy groups -OCH3 is 2. The molecule has 0 radical (unpaired) electrons. The van der Waals surface area contributed by atoms with Crippen LogP contribution in [0.4, 0.5) is 10.5 Å². The van der Waals surface area contributed by atoms with Crippen LogP contribution in [0.1, 0.15) is 59.9 Å². The van der Waals surface area contributed by atoms with Crippen molar-refractivity contribution >= 4 is 35.3 Å². The lowest BCUT2D eigenvalue weighted by Crippen LogP contribution is -2.64. The summed E-state index contributed by atoms with van der Waals surface area (Å²) in [5, 5.41) is 26.0. The zero-order valence-electron chi connectivity index (χ0n) is 29.7. The standard InChI is InChI=1S/C35H52ClN3O9/c1-19(2)38(7)23(6)33(42)47-26-17-30(40)39(8)25-15-24(16-27(45-9)31(25)36)14-20(3)12-11-13-29(46-10)35(44)18-28(48-34(43)37-35)22(5)32(41)21(26)4/h11-13,15-16,19,21-23,26,28-29,32,41,44H,14,17-18H2,1-10H3,(H,37,43)/b13-11+,20-12+/t21-,22-,23+,26+,28+,29-,32-,35+/m1/s1.